The number of carboxylic acids is 1. The summed E-state index contributed by atoms with van der Waals surface area (Å²) in [6.45, 7) is 1.57. The second-order valence-corrected chi connectivity index (χ2v) is 7.57. The molecule has 0 spiro atoms. The summed E-state index contributed by atoms with van der Waals surface area (Å²) in [6, 6.07) is 6.81. The molecule has 7 heteroatoms. The van der Waals surface area contributed by atoms with Crippen LogP contribution in [0.25, 0.3) is 0 Å². The smallest absolute Gasteiger partial charge is 0.321 e. The zero-order valence-corrected chi connectivity index (χ0v) is 15.5. The number of rotatable bonds is 5. The molecule has 27 heavy (non-hydrogen) atoms. The van der Waals surface area contributed by atoms with Gasteiger partial charge in [0.15, 0.2) is 0 Å². The molecule has 0 radical (unpaired) electrons. The van der Waals surface area contributed by atoms with Crippen LogP contribution >= 0.6 is 0 Å². The summed E-state index contributed by atoms with van der Waals surface area (Å²) in [5, 5.41) is 15.0. The number of hydrogen-bond acceptors (Lipinski definition) is 3. The van der Waals surface area contributed by atoms with Gasteiger partial charge in [0, 0.05) is 30.9 Å². The number of nitrogens with zero attached hydrogens (tertiary/aromatic N) is 1. The lowest BCUT2D eigenvalue weighted by Gasteiger charge is -2.36. The lowest BCUT2D eigenvalue weighted by Crippen LogP contribution is -2.41. The number of carboxylic acid groups (broad SMARTS) is 1. The molecule has 1 aliphatic carbocycles. The quantitative estimate of drug-likeness (QED) is 0.733. The van der Waals surface area contributed by atoms with Crippen molar-refractivity contribution in [3.05, 3.63) is 24.3 Å². The predicted molar refractivity (Wildman–Crippen MR) is 103 cm³/mol. The van der Waals surface area contributed by atoms with Crippen LogP contribution in [0.3, 0.4) is 0 Å². The van der Waals surface area contributed by atoms with E-state index >= 15 is 0 Å². The van der Waals surface area contributed by atoms with Gasteiger partial charge in [0.1, 0.15) is 0 Å². The zero-order valence-electron chi connectivity index (χ0n) is 15.5. The number of benzene rings is 1. The number of aliphatic carboxylic acids is 1. The van der Waals surface area contributed by atoms with Crippen LogP contribution in [0.1, 0.15) is 51.4 Å². The zero-order chi connectivity index (χ0) is 19.3. The minimum Gasteiger partial charge on any atom is -0.481 e. The highest BCUT2D eigenvalue weighted by Crippen LogP contribution is 2.44. The summed E-state index contributed by atoms with van der Waals surface area (Å²) in [6.07, 6.45) is 6.37. The highest BCUT2D eigenvalue weighted by molar-refractivity contribution is 5.95. The van der Waals surface area contributed by atoms with Crippen molar-refractivity contribution < 1.29 is 19.5 Å². The van der Waals surface area contributed by atoms with Gasteiger partial charge in [0.05, 0.1) is 5.41 Å². The molecule has 1 saturated heterocycles. The maximum Gasteiger partial charge on any atom is 0.321 e. The number of carbonyl (C=O) groups is 3. The fourth-order valence-electron chi connectivity index (χ4n) is 3.70. The maximum absolute atomic E-state index is 12.3. The summed E-state index contributed by atoms with van der Waals surface area (Å²) in [4.78, 5) is 37.7. The third kappa shape index (κ3) is 4.78. The van der Waals surface area contributed by atoms with E-state index in [0.29, 0.717) is 24.2 Å². The third-order valence-corrected chi connectivity index (χ3v) is 5.58. The van der Waals surface area contributed by atoms with Crippen LogP contribution in [0, 0.1) is 5.41 Å². The van der Waals surface area contributed by atoms with Crippen LogP contribution in [-0.4, -0.2) is 41.0 Å². The summed E-state index contributed by atoms with van der Waals surface area (Å²) < 4.78 is 0. The molecule has 1 aromatic rings. The normalized spacial score (nSPS) is 18.7. The molecule has 2 aliphatic rings. The topological polar surface area (TPSA) is 98.7 Å². The SMILES string of the molecule is O=C(CC1(C(=O)O)CCC1)Nc1ccc(NC(=O)N2CCCCCC2)cc1. The van der Waals surface area contributed by atoms with Crippen LogP contribution in [-0.2, 0) is 9.59 Å². The Hall–Kier alpha value is -2.57. The Labute approximate surface area is 159 Å². The second kappa shape index (κ2) is 8.41. The molecule has 1 aliphatic heterocycles. The molecule has 3 rings (SSSR count). The number of hydrogen-bond donors (Lipinski definition) is 3. The molecule has 146 valence electrons. The first-order chi connectivity index (χ1) is 13.0. The predicted octanol–water partition coefficient (Wildman–Crippen LogP) is 3.68. The summed E-state index contributed by atoms with van der Waals surface area (Å²) in [5.41, 5.74) is 0.362. The fraction of sp³-hybridized carbons (Fsp3) is 0.550. The summed E-state index contributed by atoms with van der Waals surface area (Å²) in [5.74, 6) is -1.19. The first-order valence-electron chi connectivity index (χ1n) is 9.68. The standard InChI is InChI=1S/C20H27N3O4/c24-17(14-20(18(25)26)10-5-11-20)21-15-6-8-16(9-7-15)22-19(27)23-12-3-1-2-4-13-23/h6-9H,1-5,10-14H2,(H,21,24)(H,22,27)(H,25,26). The van der Waals surface area contributed by atoms with Gasteiger partial charge in [-0.05, 0) is 49.9 Å². The van der Waals surface area contributed by atoms with E-state index in [0.717, 1.165) is 32.4 Å². The van der Waals surface area contributed by atoms with Crippen LogP contribution < -0.4 is 10.6 Å². The van der Waals surface area contributed by atoms with Crippen molar-refractivity contribution in [1.29, 1.82) is 0 Å². The molecule has 0 unspecified atom stereocenters. The molecule has 3 N–H and O–H groups in total. The Bertz CT molecular complexity index is 690. The van der Waals surface area contributed by atoms with Gasteiger partial charge in [0.25, 0.3) is 0 Å². The number of likely N-dealkylation sites (tertiary alicyclic amines) is 1. The molecule has 1 aromatic carbocycles. The van der Waals surface area contributed by atoms with E-state index in [9.17, 15) is 19.5 Å². The molecule has 0 atom stereocenters. The van der Waals surface area contributed by atoms with Gasteiger partial charge < -0.3 is 20.6 Å². The third-order valence-electron chi connectivity index (χ3n) is 5.58. The summed E-state index contributed by atoms with van der Waals surface area (Å²) >= 11 is 0. The van der Waals surface area contributed by atoms with Crippen LogP contribution in [0.4, 0.5) is 16.2 Å². The van der Waals surface area contributed by atoms with Gasteiger partial charge in [-0.3, -0.25) is 9.59 Å². The number of anilines is 2. The van der Waals surface area contributed by atoms with E-state index in [1.807, 2.05) is 4.90 Å². The van der Waals surface area contributed by atoms with E-state index in [1.165, 1.54) is 12.8 Å². The maximum atomic E-state index is 12.3. The monoisotopic (exact) mass is 373 g/mol. The highest BCUT2D eigenvalue weighted by atomic mass is 16.4. The Balaban J connectivity index is 1.51. The Morgan fingerprint density at radius 1 is 0.889 bits per heavy atom. The van der Waals surface area contributed by atoms with E-state index in [1.54, 1.807) is 24.3 Å². The van der Waals surface area contributed by atoms with Gasteiger partial charge in [-0.25, -0.2) is 4.79 Å². The van der Waals surface area contributed by atoms with Crippen molar-refractivity contribution >= 4 is 29.3 Å². The molecule has 2 fully saturated rings. The summed E-state index contributed by atoms with van der Waals surface area (Å²) in [7, 11) is 0. The lowest BCUT2D eigenvalue weighted by atomic mass is 9.66. The van der Waals surface area contributed by atoms with Crippen molar-refractivity contribution in [3.8, 4) is 0 Å². The van der Waals surface area contributed by atoms with Crippen LogP contribution in [0.15, 0.2) is 24.3 Å². The number of amides is 3. The van der Waals surface area contributed by atoms with E-state index in [2.05, 4.69) is 10.6 Å². The first kappa shape index (κ1) is 19.2. The van der Waals surface area contributed by atoms with Crippen molar-refractivity contribution in [1.82, 2.24) is 4.90 Å². The molecular formula is C20H27N3O4. The van der Waals surface area contributed by atoms with E-state index < -0.39 is 11.4 Å². The molecule has 3 amide bonds. The minimum atomic E-state index is -0.898. The molecule has 1 saturated carbocycles. The minimum absolute atomic E-state index is 0.00419. The van der Waals surface area contributed by atoms with Gasteiger partial charge in [-0.2, -0.15) is 0 Å². The molecule has 1 heterocycles. The fourth-order valence-corrected chi connectivity index (χ4v) is 3.70. The molecular weight excluding hydrogens is 346 g/mol. The van der Waals surface area contributed by atoms with Gasteiger partial charge in [0.2, 0.25) is 5.91 Å². The Kier molecular flexibility index (Phi) is 5.98. The molecule has 0 aromatic heterocycles. The van der Waals surface area contributed by atoms with Crippen molar-refractivity contribution in [2.45, 2.75) is 51.4 Å². The van der Waals surface area contributed by atoms with E-state index in [4.69, 9.17) is 0 Å². The van der Waals surface area contributed by atoms with Crippen molar-refractivity contribution in [3.63, 3.8) is 0 Å². The highest BCUT2D eigenvalue weighted by Gasteiger charge is 2.45. The molecule has 0 bridgehead atoms. The van der Waals surface area contributed by atoms with E-state index in [-0.39, 0.29) is 18.4 Å². The van der Waals surface area contributed by atoms with Gasteiger partial charge >= 0.3 is 12.0 Å². The molecule has 7 nitrogen and oxygen atoms in total. The van der Waals surface area contributed by atoms with Gasteiger partial charge in [-0.1, -0.05) is 19.3 Å². The number of carbonyl (C=O) groups excluding carboxylic acids is 2. The lowest BCUT2D eigenvalue weighted by molar-refractivity contribution is -0.157. The van der Waals surface area contributed by atoms with Crippen LogP contribution in [0.2, 0.25) is 0 Å². The average Bonchev–Trinajstić information content (AvgIpc) is 2.89. The Morgan fingerprint density at radius 2 is 1.44 bits per heavy atom. The van der Waals surface area contributed by atoms with Crippen molar-refractivity contribution in [2.24, 2.45) is 5.41 Å². The largest absolute Gasteiger partial charge is 0.481 e. The van der Waals surface area contributed by atoms with Gasteiger partial charge in [-0.15, -0.1) is 0 Å². The van der Waals surface area contributed by atoms with Crippen molar-refractivity contribution in [2.75, 3.05) is 23.7 Å². The average molecular weight is 373 g/mol. The number of nitrogens with one attached hydrogen (secondary N) is 2. The van der Waals surface area contributed by atoms with Crippen LogP contribution in [0.5, 0.6) is 0 Å². The second-order valence-electron chi connectivity index (χ2n) is 7.57. The number of urea groups is 1. The first-order valence-corrected chi connectivity index (χ1v) is 9.68. The Morgan fingerprint density at radius 3 is 1.93 bits per heavy atom.